The molecule has 2 saturated heterocycles. The third-order valence-corrected chi connectivity index (χ3v) is 6.05. The summed E-state index contributed by atoms with van der Waals surface area (Å²) in [6.07, 6.45) is 1.55. The Kier molecular flexibility index (Phi) is 5.98. The molecule has 1 aromatic heterocycles. The number of nitrogens with zero attached hydrogens (tertiary/aromatic N) is 2. The lowest BCUT2D eigenvalue weighted by molar-refractivity contribution is 0.00578. The molecule has 1 aromatic rings. The molecule has 1 amide bonds. The van der Waals surface area contributed by atoms with Gasteiger partial charge in [0, 0.05) is 24.7 Å². The van der Waals surface area contributed by atoms with Crippen LogP contribution in [-0.4, -0.2) is 53.0 Å². The van der Waals surface area contributed by atoms with Crippen LogP contribution in [0.1, 0.15) is 72.9 Å². The molecule has 6 nitrogen and oxygen atoms in total. The molecule has 0 bridgehead atoms. The fraction of sp³-hybridized carbons (Fsp3) is 0.714. The van der Waals surface area contributed by atoms with Gasteiger partial charge in [0.25, 0.3) is 0 Å². The first-order valence-electron chi connectivity index (χ1n) is 10.3. The van der Waals surface area contributed by atoms with Gasteiger partial charge in [-0.15, -0.1) is 0 Å². The van der Waals surface area contributed by atoms with Crippen molar-refractivity contribution in [1.29, 1.82) is 0 Å². The fourth-order valence-electron chi connectivity index (χ4n) is 3.57. The van der Waals surface area contributed by atoms with E-state index in [1.807, 2.05) is 54.5 Å². The molecule has 2 aliphatic heterocycles. The average molecular weight is 423 g/mol. The highest BCUT2D eigenvalue weighted by molar-refractivity contribution is 6.62. The molecule has 3 rings (SSSR count). The van der Waals surface area contributed by atoms with Crippen LogP contribution in [-0.2, 0) is 14.0 Å². The van der Waals surface area contributed by atoms with Crippen molar-refractivity contribution in [2.45, 2.75) is 84.0 Å². The van der Waals surface area contributed by atoms with E-state index >= 15 is 0 Å². The van der Waals surface area contributed by atoms with E-state index in [1.54, 1.807) is 11.0 Å². The molecule has 1 atom stereocenters. The van der Waals surface area contributed by atoms with Gasteiger partial charge in [-0.3, -0.25) is 0 Å². The van der Waals surface area contributed by atoms with Crippen LogP contribution in [0.4, 0.5) is 4.79 Å². The predicted octanol–water partition coefficient (Wildman–Crippen LogP) is 4.15. The number of likely N-dealkylation sites (tertiary alicyclic amines) is 1. The third kappa shape index (κ3) is 5.06. The van der Waals surface area contributed by atoms with E-state index in [4.69, 9.17) is 25.6 Å². The number of hydrogen-bond acceptors (Lipinski definition) is 5. The highest BCUT2D eigenvalue weighted by Gasteiger charge is 2.52. The predicted molar refractivity (Wildman–Crippen MR) is 115 cm³/mol. The van der Waals surface area contributed by atoms with Gasteiger partial charge in [0.15, 0.2) is 0 Å². The summed E-state index contributed by atoms with van der Waals surface area (Å²) in [5, 5.41) is 0.404. The SMILES string of the molecule is CC(C)(C)OC(=O)N1CCCC(c2cc(B3OC(C)(C)C(C)(C)O3)cc(Cl)n2)C1. The third-order valence-electron chi connectivity index (χ3n) is 5.85. The first-order chi connectivity index (χ1) is 13.3. The molecule has 0 aromatic carbocycles. The van der Waals surface area contributed by atoms with Crippen LogP contribution >= 0.6 is 11.6 Å². The second kappa shape index (κ2) is 7.75. The van der Waals surface area contributed by atoms with Crippen LogP contribution in [0.15, 0.2) is 12.1 Å². The van der Waals surface area contributed by atoms with E-state index in [-0.39, 0.29) is 12.0 Å². The molecule has 0 spiro atoms. The summed E-state index contributed by atoms with van der Waals surface area (Å²) < 4.78 is 17.9. The molecule has 0 aliphatic carbocycles. The zero-order chi connectivity index (χ0) is 21.6. The number of pyridine rings is 1. The van der Waals surface area contributed by atoms with Gasteiger partial charge < -0.3 is 18.9 Å². The van der Waals surface area contributed by atoms with Gasteiger partial charge in [0.2, 0.25) is 0 Å². The van der Waals surface area contributed by atoms with Crippen LogP contribution in [0.25, 0.3) is 0 Å². The Morgan fingerprint density at radius 2 is 1.86 bits per heavy atom. The van der Waals surface area contributed by atoms with Crippen molar-refractivity contribution in [3.8, 4) is 0 Å². The smallest absolute Gasteiger partial charge is 0.444 e. The van der Waals surface area contributed by atoms with Gasteiger partial charge in [-0.05, 0) is 78.9 Å². The Labute approximate surface area is 179 Å². The minimum atomic E-state index is -0.512. The number of rotatable bonds is 2. The summed E-state index contributed by atoms with van der Waals surface area (Å²) in [4.78, 5) is 18.8. The zero-order valence-electron chi connectivity index (χ0n) is 18.5. The Morgan fingerprint density at radius 1 is 1.24 bits per heavy atom. The summed E-state index contributed by atoms with van der Waals surface area (Å²) in [7, 11) is -0.496. The molecule has 0 radical (unpaired) electrons. The summed E-state index contributed by atoms with van der Waals surface area (Å²) in [6.45, 7) is 15.0. The molecule has 8 heteroatoms. The van der Waals surface area contributed by atoms with Gasteiger partial charge in [-0.25, -0.2) is 9.78 Å². The topological polar surface area (TPSA) is 60.9 Å². The van der Waals surface area contributed by atoms with Gasteiger partial charge in [0.1, 0.15) is 10.8 Å². The van der Waals surface area contributed by atoms with E-state index in [0.29, 0.717) is 18.2 Å². The number of carbonyl (C=O) groups is 1. The first-order valence-corrected chi connectivity index (χ1v) is 10.7. The van der Waals surface area contributed by atoms with Crippen LogP contribution in [0.5, 0.6) is 0 Å². The van der Waals surface area contributed by atoms with Gasteiger partial charge in [-0.2, -0.15) is 0 Å². The summed E-state index contributed by atoms with van der Waals surface area (Å²) in [5.41, 5.74) is 0.351. The quantitative estimate of drug-likeness (QED) is 0.529. The average Bonchev–Trinajstić information content (AvgIpc) is 2.81. The summed E-state index contributed by atoms with van der Waals surface area (Å²) in [5.74, 6) is 0.0936. The van der Waals surface area contributed by atoms with Gasteiger partial charge in [0.05, 0.1) is 11.2 Å². The molecule has 160 valence electrons. The fourth-order valence-corrected chi connectivity index (χ4v) is 3.80. The number of piperidine rings is 1. The lowest BCUT2D eigenvalue weighted by Gasteiger charge is -2.34. The van der Waals surface area contributed by atoms with Gasteiger partial charge >= 0.3 is 13.2 Å². The van der Waals surface area contributed by atoms with Crippen molar-refractivity contribution in [2.75, 3.05) is 13.1 Å². The van der Waals surface area contributed by atoms with Crippen LogP contribution < -0.4 is 5.46 Å². The number of carbonyl (C=O) groups excluding carboxylic acids is 1. The zero-order valence-corrected chi connectivity index (χ0v) is 19.3. The summed E-state index contributed by atoms with van der Waals surface area (Å²) in [6, 6.07) is 3.79. The van der Waals surface area contributed by atoms with E-state index in [0.717, 1.165) is 24.0 Å². The van der Waals surface area contributed by atoms with E-state index in [9.17, 15) is 4.79 Å². The minimum Gasteiger partial charge on any atom is -0.444 e. The lowest BCUT2D eigenvalue weighted by atomic mass is 9.78. The van der Waals surface area contributed by atoms with Crippen molar-refractivity contribution in [3.05, 3.63) is 23.0 Å². The first kappa shape index (κ1) is 22.4. The molecule has 0 N–H and O–H groups in total. The molecule has 1 unspecified atom stereocenters. The van der Waals surface area contributed by atoms with Crippen LogP contribution in [0.3, 0.4) is 0 Å². The Balaban J connectivity index is 1.79. The maximum absolute atomic E-state index is 12.5. The molecular formula is C21H32BClN2O4. The van der Waals surface area contributed by atoms with E-state index in [1.165, 1.54) is 0 Å². The normalized spacial score (nSPS) is 23.9. The molecule has 0 saturated carbocycles. The van der Waals surface area contributed by atoms with Crippen LogP contribution in [0, 0.1) is 0 Å². The van der Waals surface area contributed by atoms with Gasteiger partial charge in [-0.1, -0.05) is 11.6 Å². The van der Waals surface area contributed by atoms with Crippen molar-refractivity contribution >= 4 is 30.3 Å². The van der Waals surface area contributed by atoms with Crippen molar-refractivity contribution < 1.29 is 18.8 Å². The van der Waals surface area contributed by atoms with Crippen molar-refractivity contribution in [1.82, 2.24) is 9.88 Å². The second-order valence-electron chi connectivity index (χ2n) is 10.0. The number of aromatic nitrogens is 1. The van der Waals surface area contributed by atoms with E-state index < -0.39 is 23.9 Å². The highest BCUT2D eigenvalue weighted by atomic mass is 35.5. The van der Waals surface area contributed by atoms with Crippen LogP contribution in [0.2, 0.25) is 5.15 Å². The Bertz CT molecular complexity index is 762. The number of amides is 1. The monoisotopic (exact) mass is 422 g/mol. The van der Waals surface area contributed by atoms with Crippen molar-refractivity contribution in [3.63, 3.8) is 0 Å². The Hall–Kier alpha value is -1.31. The molecule has 3 heterocycles. The lowest BCUT2D eigenvalue weighted by Crippen LogP contribution is -2.42. The molecule has 2 aliphatic rings. The number of hydrogen-bond donors (Lipinski definition) is 0. The molecule has 29 heavy (non-hydrogen) atoms. The largest absolute Gasteiger partial charge is 0.495 e. The maximum atomic E-state index is 12.5. The number of ether oxygens (including phenoxy) is 1. The summed E-state index contributed by atoms with van der Waals surface area (Å²) >= 11 is 6.35. The standard InChI is InChI=1S/C21H32BClN2O4/c1-19(2,3)27-18(26)25-10-8-9-14(13-25)16-11-15(12-17(23)24-16)22-28-20(4,5)21(6,7)29-22/h11-12,14H,8-10,13H2,1-7H3. The molecule has 2 fully saturated rings. The minimum absolute atomic E-state index is 0.0936. The Morgan fingerprint density at radius 3 is 2.45 bits per heavy atom. The van der Waals surface area contributed by atoms with E-state index in [2.05, 4.69) is 4.98 Å². The maximum Gasteiger partial charge on any atom is 0.495 e. The highest BCUT2D eigenvalue weighted by Crippen LogP contribution is 2.37. The second-order valence-corrected chi connectivity index (χ2v) is 10.4. The number of halogens is 1. The van der Waals surface area contributed by atoms with Crippen molar-refractivity contribution in [2.24, 2.45) is 0 Å². The molecular weight excluding hydrogens is 391 g/mol.